The van der Waals surface area contributed by atoms with E-state index in [1.807, 2.05) is 0 Å². The summed E-state index contributed by atoms with van der Waals surface area (Å²) in [5.74, 6) is 3.92. The van der Waals surface area contributed by atoms with Crippen molar-refractivity contribution in [2.24, 2.45) is 34.5 Å². The van der Waals surface area contributed by atoms with Crippen LogP contribution in [0.5, 0.6) is 0 Å². The third kappa shape index (κ3) is 1.59. The van der Waals surface area contributed by atoms with Crippen LogP contribution in [0.3, 0.4) is 0 Å². The maximum Gasteiger partial charge on any atom is -0.00975 e. The molecule has 4 rings (SSSR count). The molecule has 0 heterocycles. The zero-order valence-electron chi connectivity index (χ0n) is 12.6. The van der Waals surface area contributed by atoms with Crippen LogP contribution in [0.1, 0.15) is 65.2 Å². The largest absolute Gasteiger partial charge is 0.129 e. The highest BCUT2D eigenvalue weighted by molar-refractivity contribution is 5.13. The van der Waals surface area contributed by atoms with E-state index < -0.39 is 0 Å². The van der Waals surface area contributed by atoms with Gasteiger partial charge in [0.15, 0.2) is 0 Å². The summed E-state index contributed by atoms with van der Waals surface area (Å²) in [7, 11) is 0. The van der Waals surface area contributed by atoms with Crippen molar-refractivity contribution in [3.63, 3.8) is 0 Å². The van der Waals surface area contributed by atoms with E-state index in [2.05, 4.69) is 31.7 Å². The quantitative estimate of drug-likeness (QED) is 0.512. The summed E-state index contributed by atoms with van der Waals surface area (Å²) in [4.78, 5) is 0. The molecule has 0 N–H and O–H groups in total. The van der Waals surface area contributed by atoms with Gasteiger partial charge in [-0.3, -0.25) is 0 Å². The van der Waals surface area contributed by atoms with Gasteiger partial charge in [0.1, 0.15) is 0 Å². The zero-order valence-corrected chi connectivity index (χ0v) is 12.6. The van der Waals surface area contributed by atoms with Crippen LogP contribution in [-0.4, -0.2) is 0 Å². The molecule has 4 aliphatic carbocycles. The molecule has 0 aromatic heterocycles. The van der Waals surface area contributed by atoms with Crippen LogP contribution in [0.4, 0.5) is 0 Å². The van der Waals surface area contributed by atoms with Crippen LogP contribution in [-0.2, 0) is 0 Å². The fourth-order valence-electron chi connectivity index (χ4n) is 6.52. The summed E-state index contributed by atoms with van der Waals surface area (Å²) in [5, 5.41) is 0. The van der Waals surface area contributed by atoms with Gasteiger partial charge in [0, 0.05) is 0 Å². The molecule has 0 spiro atoms. The first-order valence-corrected chi connectivity index (χ1v) is 8.55. The number of fused-ring (bicyclic) bond motifs is 5. The third-order valence-electron chi connectivity index (χ3n) is 7.68. The molecule has 104 valence electrons. The normalized spacial score (nSPS) is 55.5. The highest BCUT2D eigenvalue weighted by atomic mass is 14.6. The number of hydrogen-bond donors (Lipinski definition) is 0. The van der Waals surface area contributed by atoms with Crippen LogP contribution in [0.15, 0.2) is 17.9 Å². The van der Waals surface area contributed by atoms with E-state index in [-0.39, 0.29) is 0 Å². The first-order valence-electron chi connectivity index (χ1n) is 8.55. The molecule has 6 atom stereocenters. The molecule has 19 heavy (non-hydrogen) atoms. The fourth-order valence-corrected chi connectivity index (χ4v) is 6.52. The highest BCUT2D eigenvalue weighted by Crippen LogP contribution is 2.65. The van der Waals surface area contributed by atoms with Crippen LogP contribution in [0, 0.1) is 34.5 Å². The average molecular weight is 256 g/mol. The van der Waals surface area contributed by atoms with E-state index in [4.69, 9.17) is 0 Å². The van der Waals surface area contributed by atoms with Gasteiger partial charge in [0.05, 0.1) is 0 Å². The Balaban J connectivity index is 1.68. The SMILES string of the molecule is C[C@@]12CCC[C@H]1[C@@H]1CCC3C=C=CC[C@]3(C)[C@H]1CC2. The van der Waals surface area contributed by atoms with Gasteiger partial charge >= 0.3 is 0 Å². The van der Waals surface area contributed by atoms with Crippen molar-refractivity contribution in [2.75, 3.05) is 0 Å². The molecule has 0 bridgehead atoms. The van der Waals surface area contributed by atoms with Gasteiger partial charge in [-0.15, -0.1) is 5.73 Å². The topological polar surface area (TPSA) is 0 Å². The van der Waals surface area contributed by atoms with Gasteiger partial charge in [-0.1, -0.05) is 20.3 Å². The van der Waals surface area contributed by atoms with Crippen molar-refractivity contribution in [3.8, 4) is 0 Å². The molecule has 3 fully saturated rings. The van der Waals surface area contributed by atoms with E-state index in [0.717, 1.165) is 23.7 Å². The summed E-state index contributed by atoms with van der Waals surface area (Å²) in [6, 6.07) is 0. The van der Waals surface area contributed by atoms with Crippen LogP contribution in [0.25, 0.3) is 0 Å². The second-order valence-corrected chi connectivity index (χ2v) is 8.39. The Morgan fingerprint density at radius 2 is 1.89 bits per heavy atom. The van der Waals surface area contributed by atoms with Crippen molar-refractivity contribution < 1.29 is 0 Å². The molecule has 0 aromatic rings. The number of rotatable bonds is 0. The summed E-state index contributed by atoms with van der Waals surface area (Å²) in [6.07, 6.45) is 16.5. The third-order valence-corrected chi connectivity index (χ3v) is 7.68. The minimum atomic E-state index is 0.568. The van der Waals surface area contributed by atoms with Crippen LogP contribution < -0.4 is 0 Å². The van der Waals surface area contributed by atoms with E-state index >= 15 is 0 Å². The molecule has 4 aliphatic rings. The smallest absolute Gasteiger partial charge is 0.00975 e. The number of allylic oxidation sites excluding steroid dienone is 1. The van der Waals surface area contributed by atoms with Gasteiger partial charge in [-0.2, -0.15) is 0 Å². The Labute approximate surface area is 118 Å². The Kier molecular flexibility index (Phi) is 2.59. The second kappa shape index (κ2) is 4.01. The van der Waals surface area contributed by atoms with Crippen LogP contribution in [0.2, 0.25) is 0 Å². The molecule has 0 aliphatic heterocycles. The first-order chi connectivity index (χ1) is 9.13. The van der Waals surface area contributed by atoms with Gasteiger partial charge in [-0.05, 0) is 91.6 Å². The lowest BCUT2D eigenvalue weighted by Gasteiger charge is -2.58. The minimum Gasteiger partial charge on any atom is -0.129 e. The molecule has 0 radical (unpaired) electrons. The summed E-state index contributed by atoms with van der Waals surface area (Å²) < 4.78 is 0. The lowest BCUT2D eigenvalue weighted by Crippen LogP contribution is -2.50. The van der Waals surface area contributed by atoms with Gasteiger partial charge < -0.3 is 0 Å². The van der Waals surface area contributed by atoms with Crippen molar-refractivity contribution in [1.29, 1.82) is 0 Å². The molecule has 0 heteroatoms. The van der Waals surface area contributed by atoms with Gasteiger partial charge in [-0.25, -0.2) is 0 Å². The Morgan fingerprint density at radius 3 is 2.79 bits per heavy atom. The Morgan fingerprint density at radius 1 is 1.00 bits per heavy atom. The lowest BCUT2D eigenvalue weighted by molar-refractivity contribution is -0.0748. The second-order valence-electron chi connectivity index (χ2n) is 8.39. The maximum absolute atomic E-state index is 3.41. The van der Waals surface area contributed by atoms with E-state index in [0.29, 0.717) is 10.8 Å². The predicted octanol–water partition coefficient (Wildman–Crippen LogP) is 5.35. The zero-order chi connectivity index (χ0) is 13.1. The summed E-state index contributed by atoms with van der Waals surface area (Å²) in [5.41, 5.74) is 4.69. The van der Waals surface area contributed by atoms with Gasteiger partial charge in [0.25, 0.3) is 0 Å². The van der Waals surface area contributed by atoms with Crippen molar-refractivity contribution in [3.05, 3.63) is 17.9 Å². The molecule has 3 saturated carbocycles. The Hall–Kier alpha value is -0.480. The van der Waals surface area contributed by atoms with E-state index in [9.17, 15) is 0 Å². The van der Waals surface area contributed by atoms with Gasteiger partial charge in [0.2, 0.25) is 0 Å². The molecular formula is C19H28. The molecule has 0 amide bonds. The first kappa shape index (κ1) is 12.3. The molecule has 1 unspecified atom stereocenters. The monoisotopic (exact) mass is 256 g/mol. The highest BCUT2D eigenvalue weighted by Gasteiger charge is 2.56. The maximum atomic E-state index is 3.41. The summed E-state index contributed by atoms with van der Waals surface area (Å²) in [6.45, 7) is 5.20. The van der Waals surface area contributed by atoms with Crippen molar-refractivity contribution >= 4 is 0 Å². The lowest BCUT2D eigenvalue weighted by atomic mass is 9.47. The summed E-state index contributed by atoms with van der Waals surface area (Å²) >= 11 is 0. The van der Waals surface area contributed by atoms with Crippen molar-refractivity contribution in [1.82, 2.24) is 0 Å². The number of hydrogen-bond acceptors (Lipinski definition) is 0. The minimum absolute atomic E-state index is 0.568. The van der Waals surface area contributed by atoms with E-state index in [1.165, 1.54) is 51.4 Å². The average Bonchev–Trinajstić information content (AvgIpc) is 2.79. The van der Waals surface area contributed by atoms with Crippen LogP contribution >= 0.6 is 0 Å². The predicted molar refractivity (Wildman–Crippen MR) is 79.8 cm³/mol. The molecule has 0 nitrogen and oxygen atoms in total. The molecule has 0 saturated heterocycles. The van der Waals surface area contributed by atoms with Crippen molar-refractivity contribution in [2.45, 2.75) is 65.2 Å². The fraction of sp³-hybridized carbons (Fsp3) is 0.842. The molecule has 0 aromatic carbocycles. The Bertz CT molecular complexity index is 441. The standard InChI is InChI=1S/C19H28/c1-18-11-5-7-16(18)15-9-8-14-6-3-4-12-19(14,2)17(15)10-13-18/h4,6,14-17H,5,7-13H2,1-2H3/t14?,15-,16-,17-,18-,19-/m0/s1. The molecular weight excluding hydrogens is 228 g/mol. The van der Waals surface area contributed by atoms with E-state index in [1.54, 1.807) is 0 Å².